The second kappa shape index (κ2) is 8.90. The fourth-order valence-electron chi connectivity index (χ4n) is 4.79. The van der Waals surface area contributed by atoms with Crippen molar-refractivity contribution in [1.29, 1.82) is 0 Å². The first-order valence-corrected chi connectivity index (χ1v) is 10.5. The van der Waals surface area contributed by atoms with Crippen LogP contribution in [0.2, 0.25) is 0 Å². The average molecular weight is 448 g/mol. The molecule has 2 aliphatic rings. The number of carbonyl (C=O) groups is 2. The van der Waals surface area contributed by atoms with E-state index in [9.17, 15) is 19.7 Å². The maximum atomic E-state index is 13.5. The Labute approximate surface area is 191 Å². The fourth-order valence-corrected chi connectivity index (χ4v) is 4.79. The number of nitro groups is 1. The van der Waals surface area contributed by atoms with Crippen molar-refractivity contribution in [2.75, 3.05) is 14.2 Å². The third kappa shape index (κ3) is 4.00. The number of allylic oxidation sites excluding steroid dienone is 3. The summed E-state index contributed by atoms with van der Waals surface area (Å²) < 4.78 is 10.5. The van der Waals surface area contributed by atoms with Crippen LogP contribution in [0.5, 0.6) is 5.75 Å². The Bertz CT molecular complexity index is 1210. The predicted molar refractivity (Wildman–Crippen MR) is 121 cm³/mol. The largest absolute Gasteiger partial charge is 0.496 e. The molecule has 0 fully saturated rings. The molecule has 33 heavy (non-hydrogen) atoms. The van der Waals surface area contributed by atoms with Crippen molar-refractivity contribution >= 4 is 17.4 Å². The Kier molecular flexibility index (Phi) is 6.00. The lowest BCUT2D eigenvalue weighted by Gasteiger charge is -2.36. The standard InChI is InChI=1S/C25H24N2O6/c1-14-22(25(29)33-3)23(15-7-6-8-17(11-15)27(30)31)24-19(26-14)12-16(13-20(24)28)18-9-4-5-10-21(18)32-2/h4-11,16,23,26H,12-13H2,1-3H3/t16-,23+/m1/s1. The number of ether oxygens (including phenoxy) is 2. The van der Waals surface area contributed by atoms with Crippen LogP contribution in [0.3, 0.4) is 0 Å². The summed E-state index contributed by atoms with van der Waals surface area (Å²) in [4.78, 5) is 37.1. The first-order chi connectivity index (χ1) is 15.8. The second-order valence-corrected chi connectivity index (χ2v) is 8.10. The summed E-state index contributed by atoms with van der Waals surface area (Å²) in [6.45, 7) is 1.75. The number of Topliss-reactive ketones (excluding diaryl/α,β-unsaturated/α-hetero) is 1. The number of ketones is 1. The Hall–Kier alpha value is -3.94. The fraction of sp³-hybridized carbons (Fsp3) is 0.280. The van der Waals surface area contributed by atoms with Gasteiger partial charge in [0.05, 0.1) is 24.7 Å². The highest BCUT2D eigenvalue weighted by atomic mass is 16.6. The molecule has 0 saturated heterocycles. The van der Waals surface area contributed by atoms with Crippen LogP contribution in [0, 0.1) is 10.1 Å². The summed E-state index contributed by atoms with van der Waals surface area (Å²) in [5, 5.41) is 14.6. The van der Waals surface area contributed by atoms with Crippen LogP contribution in [0.25, 0.3) is 0 Å². The SMILES string of the molecule is COC(=O)C1=C(C)NC2=C(C(=O)C[C@H](c3ccccc3OC)C2)[C@H]1c1cccc([N+](=O)[O-])c1. The third-order valence-electron chi connectivity index (χ3n) is 6.23. The van der Waals surface area contributed by atoms with E-state index in [1.807, 2.05) is 24.3 Å². The van der Waals surface area contributed by atoms with Crippen LogP contribution < -0.4 is 10.1 Å². The van der Waals surface area contributed by atoms with Crippen LogP contribution in [-0.2, 0) is 14.3 Å². The van der Waals surface area contributed by atoms with Gasteiger partial charge in [0.2, 0.25) is 0 Å². The van der Waals surface area contributed by atoms with Gasteiger partial charge in [-0.1, -0.05) is 30.3 Å². The molecule has 0 unspecified atom stereocenters. The monoisotopic (exact) mass is 448 g/mol. The zero-order valence-electron chi connectivity index (χ0n) is 18.6. The number of benzene rings is 2. The van der Waals surface area contributed by atoms with Crippen LogP contribution in [0.15, 0.2) is 71.1 Å². The number of hydrogen-bond acceptors (Lipinski definition) is 7. The van der Waals surface area contributed by atoms with Crippen LogP contribution in [0.1, 0.15) is 42.7 Å². The van der Waals surface area contributed by atoms with Gasteiger partial charge in [-0.3, -0.25) is 14.9 Å². The molecule has 2 aromatic rings. The maximum absolute atomic E-state index is 13.5. The Morgan fingerprint density at radius 1 is 1.12 bits per heavy atom. The van der Waals surface area contributed by atoms with Gasteiger partial charge in [0.15, 0.2) is 5.78 Å². The summed E-state index contributed by atoms with van der Waals surface area (Å²) >= 11 is 0. The molecule has 8 nitrogen and oxygen atoms in total. The highest BCUT2D eigenvalue weighted by Gasteiger charge is 2.42. The molecule has 1 aliphatic heterocycles. The molecule has 0 amide bonds. The Morgan fingerprint density at radius 3 is 2.58 bits per heavy atom. The molecule has 2 aromatic carbocycles. The van der Waals surface area contributed by atoms with Gasteiger partial charge in [-0.25, -0.2) is 4.79 Å². The van der Waals surface area contributed by atoms with Gasteiger partial charge in [0, 0.05) is 47.4 Å². The molecule has 1 aliphatic carbocycles. The van der Waals surface area contributed by atoms with Crippen molar-refractivity contribution in [3.05, 3.63) is 92.3 Å². The minimum absolute atomic E-state index is 0.0989. The van der Waals surface area contributed by atoms with Gasteiger partial charge >= 0.3 is 5.97 Å². The van der Waals surface area contributed by atoms with E-state index in [-0.39, 0.29) is 29.4 Å². The molecule has 2 atom stereocenters. The van der Waals surface area contributed by atoms with Crippen molar-refractivity contribution < 1.29 is 24.0 Å². The number of non-ortho nitro benzene ring substituents is 1. The lowest BCUT2D eigenvalue weighted by Crippen LogP contribution is -2.36. The van der Waals surface area contributed by atoms with Crippen molar-refractivity contribution in [2.45, 2.75) is 31.6 Å². The van der Waals surface area contributed by atoms with Gasteiger partial charge in [-0.2, -0.15) is 0 Å². The number of dihydropyridines is 1. The van der Waals surface area contributed by atoms with E-state index >= 15 is 0 Å². The van der Waals surface area contributed by atoms with E-state index in [2.05, 4.69) is 5.32 Å². The number of rotatable bonds is 5. The molecule has 1 heterocycles. The molecular weight excluding hydrogens is 424 g/mol. The Balaban J connectivity index is 1.84. The van der Waals surface area contributed by atoms with E-state index < -0.39 is 16.8 Å². The highest BCUT2D eigenvalue weighted by Crippen LogP contribution is 2.47. The van der Waals surface area contributed by atoms with Crippen molar-refractivity contribution in [1.82, 2.24) is 5.32 Å². The molecule has 0 radical (unpaired) electrons. The lowest BCUT2D eigenvalue weighted by atomic mass is 9.71. The van der Waals surface area contributed by atoms with E-state index in [0.29, 0.717) is 34.7 Å². The number of para-hydroxylation sites is 1. The average Bonchev–Trinajstić information content (AvgIpc) is 2.82. The lowest BCUT2D eigenvalue weighted by molar-refractivity contribution is -0.384. The number of carbonyl (C=O) groups excluding carboxylic acids is 2. The van der Waals surface area contributed by atoms with Crippen molar-refractivity contribution in [3.8, 4) is 5.75 Å². The second-order valence-electron chi connectivity index (χ2n) is 8.10. The predicted octanol–water partition coefficient (Wildman–Crippen LogP) is 4.14. The molecule has 170 valence electrons. The van der Waals surface area contributed by atoms with Gasteiger partial charge < -0.3 is 14.8 Å². The zero-order valence-corrected chi connectivity index (χ0v) is 18.6. The Morgan fingerprint density at radius 2 is 1.88 bits per heavy atom. The van der Waals surface area contributed by atoms with Gasteiger partial charge in [-0.05, 0) is 30.5 Å². The normalized spacial score (nSPS) is 20.2. The minimum atomic E-state index is -0.750. The van der Waals surface area contributed by atoms with Crippen LogP contribution in [-0.4, -0.2) is 30.9 Å². The molecule has 4 rings (SSSR count). The first kappa shape index (κ1) is 22.3. The smallest absolute Gasteiger partial charge is 0.336 e. The van der Waals surface area contributed by atoms with E-state index in [1.165, 1.54) is 19.2 Å². The van der Waals surface area contributed by atoms with Gasteiger partial charge in [0.1, 0.15) is 5.75 Å². The zero-order chi connectivity index (χ0) is 23.7. The minimum Gasteiger partial charge on any atom is -0.496 e. The number of nitro benzene ring substituents is 1. The molecule has 8 heteroatoms. The van der Waals surface area contributed by atoms with Gasteiger partial charge in [0.25, 0.3) is 5.69 Å². The van der Waals surface area contributed by atoms with Gasteiger partial charge in [-0.15, -0.1) is 0 Å². The quantitative estimate of drug-likeness (QED) is 0.416. The summed E-state index contributed by atoms with van der Waals surface area (Å²) in [6.07, 6.45) is 0.776. The van der Waals surface area contributed by atoms with E-state index in [0.717, 1.165) is 5.56 Å². The molecule has 0 saturated carbocycles. The molecule has 0 bridgehead atoms. The summed E-state index contributed by atoms with van der Waals surface area (Å²) in [5.74, 6) is -0.835. The topological polar surface area (TPSA) is 108 Å². The number of hydrogen-bond donors (Lipinski definition) is 1. The van der Waals surface area contributed by atoms with Crippen LogP contribution >= 0.6 is 0 Å². The van der Waals surface area contributed by atoms with E-state index in [4.69, 9.17) is 9.47 Å². The first-order valence-electron chi connectivity index (χ1n) is 10.5. The number of esters is 1. The number of nitrogens with one attached hydrogen (secondary N) is 1. The van der Waals surface area contributed by atoms with Crippen LogP contribution in [0.4, 0.5) is 5.69 Å². The molecule has 1 N–H and O–H groups in total. The molecule has 0 aromatic heterocycles. The molecule has 0 spiro atoms. The molecular formula is C25H24N2O6. The summed E-state index contributed by atoms with van der Waals surface area (Å²) in [6, 6.07) is 13.7. The van der Waals surface area contributed by atoms with E-state index in [1.54, 1.807) is 26.2 Å². The van der Waals surface area contributed by atoms with Crippen molar-refractivity contribution in [2.24, 2.45) is 0 Å². The third-order valence-corrected chi connectivity index (χ3v) is 6.23. The summed E-state index contributed by atoms with van der Waals surface area (Å²) in [5.41, 5.74) is 3.34. The summed E-state index contributed by atoms with van der Waals surface area (Å²) in [7, 11) is 2.87. The number of nitrogens with zero attached hydrogens (tertiary/aromatic N) is 1. The highest BCUT2D eigenvalue weighted by molar-refractivity contribution is 6.04. The number of methoxy groups -OCH3 is 2. The van der Waals surface area contributed by atoms with Crippen molar-refractivity contribution in [3.63, 3.8) is 0 Å². The maximum Gasteiger partial charge on any atom is 0.336 e.